The molecule has 0 saturated carbocycles. The van der Waals surface area contributed by atoms with Crippen molar-refractivity contribution in [1.29, 1.82) is 0 Å². The average Bonchev–Trinajstić information content (AvgIpc) is 2.48. The van der Waals surface area contributed by atoms with E-state index in [0.29, 0.717) is 16.0 Å². The molecule has 0 radical (unpaired) electrons. The van der Waals surface area contributed by atoms with E-state index in [4.69, 9.17) is 27.9 Å². The summed E-state index contributed by atoms with van der Waals surface area (Å²) in [5.41, 5.74) is 1.12. The Hall–Kier alpha value is -0.280. The molecule has 1 N–H and O–H groups in total. The molecule has 20 heavy (non-hydrogen) atoms. The number of rotatable bonds is 6. The second kappa shape index (κ2) is 8.23. The molecule has 4 heteroatoms. The first-order valence-corrected chi connectivity index (χ1v) is 8.23. The van der Waals surface area contributed by atoms with E-state index in [1.807, 2.05) is 12.1 Å². The molecule has 1 aliphatic rings. The Morgan fingerprint density at radius 2 is 2.05 bits per heavy atom. The zero-order valence-electron chi connectivity index (χ0n) is 12.0. The van der Waals surface area contributed by atoms with Crippen molar-refractivity contribution in [2.75, 3.05) is 19.8 Å². The maximum atomic E-state index is 6.39. The van der Waals surface area contributed by atoms with Crippen LogP contribution < -0.4 is 5.32 Å². The van der Waals surface area contributed by atoms with Crippen LogP contribution in [-0.2, 0) is 4.74 Å². The fraction of sp³-hybridized carbons (Fsp3) is 0.625. The quantitative estimate of drug-likeness (QED) is 0.810. The van der Waals surface area contributed by atoms with Gasteiger partial charge in [-0.25, -0.2) is 0 Å². The first-order chi connectivity index (χ1) is 9.72. The van der Waals surface area contributed by atoms with Crippen LogP contribution in [0, 0.1) is 5.92 Å². The molecule has 1 aromatic rings. The molecule has 0 aromatic heterocycles. The van der Waals surface area contributed by atoms with Crippen molar-refractivity contribution < 1.29 is 4.74 Å². The summed E-state index contributed by atoms with van der Waals surface area (Å²) in [5.74, 6) is 0.702. The van der Waals surface area contributed by atoms with Gasteiger partial charge in [-0.05, 0) is 49.8 Å². The Labute approximate surface area is 131 Å². The summed E-state index contributed by atoms with van der Waals surface area (Å²) in [5, 5.41) is 4.95. The maximum absolute atomic E-state index is 6.39. The summed E-state index contributed by atoms with van der Waals surface area (Å²) in [6.07, 6.45) is 4.50. The molecule has 0 aliphatic carbocycles. The molecule has 1 fully saturated rings. The number of nitrogens with one attached hydrogen (secondary N) is 1. The number of hydrogen-bond acceptors (Lipinski definition) is 2. The van der Waals surface area contributed by atoms with Crippen molar-refractivity contribution in [2.24, 2.45) is 5.92 Å². The van der Waals surface area contributed by atoms with Crippen LogP contribution >= 0.6 is 23.2 Å². The van der Waals surface area contributed by atoms with Crippen LogP contribution in [-0.4, -0.2) is 19.8 Å². The van der Waals surface area contributed by atoms with Gasteiger partial charge in [-0.15, -0.1) is 0 Å². The largest absolute Gasteiger partial charge is 0.381 e. The molecule has 2 nitrogen and oxygen atoms in total. The van der Waals surface area contributed by atoms with Gasteiger partial charge in [0.1, 0.15) is 0 Å². The highest BCUT2D eigenvalue weighted by molar-refractivity contribution is 6.42. The van der Waals surface area contributed by atoms with Gasteiger partial charge in [-0.3, -0.25) is 0 Å². The minimum Gasteiger partial charge on any atom is -0.381 e. The van der Waals surface area contributed by atoms with Gasteiger partial charge in [0.2, 0.25) is 0 Å². The fourth-order valence-electron chi connectivity index (χ4n) is 2.74. The molecular weight excluding hydrogens is 293 g/mol. The van der Waals surface area contributed by atoms with E-state index in [1.54, 1.807) is 0 Å². The molecule has 0 spiro atoms. The predicted octanol–water partition coefficient (Wildman–Crippen LogP) is 4.85. The van der Waals surface area contributed by atoms with Crippen molar-refractivity contribution in [2.45, 2.75) is 38.6 Å². The first-order valence-electron chi connectivity index (χ1n) is 7.47. The van der Waals surface area contributed by atoms with Crippen LogP contribution in [0.3, 0.4) is 0 Å². The Balaban J connectivity index is 2.11. The minimum absolute atomic E-state index is 0.282. The van der Waals surface area contributed by atoms with Crippen molar-refractivity contribution in [3.63, 3.8) is 0 Å². The van der Waals surface area contributed by atoms with Crippen molar-refractivity contribution in [3.8, 4) is 0 Å². The lowest BCUT2D eigenvalue weighted by molar-refractivity contribution is 0.0605. The number of benzene rings is 1. The molecule has 0 bridgehead atoms. The minimum atomic E-state index is 0.282. The Bertz CT molecular complexity index is 419. The zero-order chi connectivity index (χ0) is 14.4. The monoisotopic (exact) mass is 315 g/mol. The van der Waals surface area contributed by atoms with Gasteiger partial charge in [0.25, 0.3) is 0 Å². The van der Waals surface area contributed by atoms with Gasteiger partial charge in [0.15, 0.2) is 0 Å². The summed E-state index contributed by atoms with van der Waals surface area (Å²) < 4.78 is 5.44. The molecule has 1 heterocycles. The summed E-state index contributed by atoms with van der Waals surface area (Å²) in [6.45, 7) is 4.94. The molecule has 0 amide bonds. The molecule has 1 saturated heterocycles. The van der Waals surface area contributed by atoms with E-state index >= 15 is 0 Å². The zero-order valence-corrected chi connectivity index (χ0v) is 13.5. The standard InChI is InChI=1S/C16H23Cl2NO/c1-2-8-19-15(11-12-6-9-20-10-7-12)13-4-3-5-14(17)16(13)18/h3-5,12,15,19H,2,6-11H2,1H3. The number of hydrogen-bond donors (Lipinski definition) is 1. The van der Waals surface area contributed by atoms with E-state index in [0.717, 1.165) is 51.0 Å². The van der Waals surface area contributed by atoms with Gasteiger partial charge in [-0.1, -0.05) is 42.3 Å². The van der Waals surface area contributed by atoms with Crippen LogP contribution in [0.2, 0.25) is 10.0 Å². The third-order valence-corrected chi connectivity index (χ3v) is 4.74. The molecule has 2 rings (SSSR count). The van der Waals surface area contributed by atoms with Gasteiger partial charge >= 0.3 is 0 Å². The Kier molecular flexibility index (Phi) is 6.63. The number of halogens is 2. The second-order valence-corrected chi connectivity index (χ2v) is 6.23. The van der Waals surface area contributed by atoms with Gasteiger partial charge in [0.05, 0.1) is 10.0 Å². The maximum Gasteiger partial charge on any atom is 0.0640 e. The van der Waals surface area contributed by atoms with Gasteiger partial charge in [-0.2, -0.15) is 0 Å². The lowest BCUT2D eigenvalue weighted by Gasteiger charge is -2.28. The first kappa shape index (κ1) is 16.1. The lowest BCUT2D eigenvalue weighted by atomic mass is 9.89. The van der Waals surface area contributed by atoms with E-state index < -0.39 is 0 Å². The van der Waals surface area contributed by atoms with Crippen LogP contribution in [0.5, 0.6) is 0 Å². The lowest BCUT2D eigenvalue weighted by Crippen LogP contribution is -2.27. The second-order valence-electron chi connectivity index (χ2n) is 5.44. The topological polar surface area (TPSA) is 21.3 Å². The summed E-state index contributed by atoms with van der Waals surface area (Å²) in [7, 11) is 0. The summed E-state index contributed by atoms with van der Waals surface area (Å²) in [4.78, 5) is 0. The third kappa shape index (κ3) is 4.36. The summed E-state index contributed by atoms with van der Waals surface area (Å²) >= 11 is 12.5. The van der Waals surface area contributed by atoms with Crippen LogP contribution in [0.4, 0.5) is 0 Å². The molecule has 1 atom stereocenters. The van der Waals surface area contributed by atoms with E-state index in [2.05, 4.69) is 18.3 Å². The van der Waals surface area contributed by atoms with Crippen LogP contribution in [0.15, 0.2) is 18.2 Å². The normalized spacial score (nSPS) is 18.1. The van der Waals surface area contributed by atoms with Crippen LogP contribution in [0.25, 0.3) is 0 Å². The molecule has 1 unspecified atom stereocenters. The Morgan fingerprint density at radius 1 is 1.30 bits per heavy atom. The molecular formula is C16H23Cl2NO. The molecule has 112 valence electrons. The highest BCUT2D eigenvalue weighted by Crippen LogP contribution is 2.34. The number of ether oxygens (including phenoxy) is 1. The molecule has 1 aliphatic heterocycles. The van der Waals surface area contributed by atoms with E-state index in [-0.39, 0.29) is 6.04 Å². The SMILES string of the molecule is CCCNC(CC1CCOCC1)c1cccc(Cl)c1Cl. The average molecular weight is 316 g/mol. The van der Waals surface area contributed by atoms with Gasteiger partial charge in [0, 0.05) is 19.3 Å². The molecule has 1 aromatic carbocycles. The van der Waals surface area contributed by atoms with E-state index in [9.17, 15) is 0 Å². The smallest absolute Gasteiger partial charge is 0.0640 e. The summed E-state index contributed by atoms with van der Waals surface area (Å²) in [6, 6.07) is 6.19. The predicted molar refractivity (Wildman–Crippen MR) is 85.7 cm³/mol. The highest BCUT2D eigenvalue weighted by atomic mass is 35.5. The van der Waals surface area contributed by atoms with Crippen molar-refractivity contribution >= 4 is 23.2 Å². The van der Waals surface area contributed by atoms with Gasteiger partial charge < -0.3 is 10.1 Å². The van der Waals surface area contributed by atoms with Crippen LogP contribution in [0.1, 0.15) is 44.2 Å². The van der Waals surface area contributed by atoms with Crippen molar-refractivity contribution in [1.82, 2.24) is 5.32 Å². The van der Waals surface area contributed by atoms with Crippen molar-refractivity contribution in [3.05, 3.63) is 33.8 Å². The highest BCUT2D eigenvalue weighted by Gasteiger charge is 2.22. The van der Waals surface area contributed by atoms with E-state index in [1.165, 1.54) is 0 Å². The third-order valence-electron chi connectivity index (χ3n) is 3.91. The Morgan fingerprint density at radius 3 is 2.75 bits per heavy atom. The fourth-order valence-corrected chi connectivity index (χ4v) is 3.18.